The summed E-state index contributed by atoms with van der Waals surface area (Å²) in [6.07, 6.45) is 0.896. The molecular weight excluding hydrogens is 400 g/mol. The van der Waals surface area contributed by atoms with Gasteiger partial charge in [0.2, 0.25) is 0 Å². The Morgan fingerprint density at radius 2 is 1.36 bits per heavy atom. The molecular formula is C11H8N2O9S3. The standard InChI is InChI=1S/C11H8N2O9S3/c14-23(15,16)6-2-1-5-7(24(17,18)19)3-8(25(20,21)22)11-9(5)10(6)12-4-13-11/h1-4H,(H,12,13)(H,14,15,16)(H,17,18,19)(H,20,21,22). The van der Waals surface area contributed by atoms with E-state index in [0.29, 0.717) is 6.07 Å². The van der Waals surface area contributed by atoms with Crippen LogP contribution < -0.4 is 5.32 Å². The van der Waals surface area contributed by atoms with Gasteiger partial charge >= 0.3 is 0 Å². The van der Waals surface area contributed by atoms with E-state index in [9.17, 15) is 38.9 Å². The van der Waals surface area contributed by atoms with Crippen molar-refractivity contribution in [2.45, 2.75) is 14.7 Å². The van der Waals surface area contributed by atoms with Crippen LogP contribution in [0.4, 0.5) is 11.4 Å². The van der Waals surface area contributed by atoms with E-state index in [-0.39, 0.29) is 16.5 Å². The molecule has 3 rings (SSSR count). The van der Waals surface area contributed by atoms with Crippen molar-refractivity contribution in [1.82, 2.24) is 0 Å². The molecule has 0 atom stereocenters. The number of rotatable bonds is 3. The number of aliphatic imine (C=N–C) groups is 1. The van der Waals surface area contributed by atoms with E-state index in [1.807, 2.05) is 0 Å². The van der Waals surface area contributed by atoms with Crippen LogP contribution in [0, 0.1) is 0 Å². The summed E-state index contributed by atoms with van der Waals surface area (Å²) in [5.74, 6) is 0. The number of hydrogen-bond acceptors (Lipinski definition) is 8. The molecule has 0 saturated heterocycles. The molecule has 0 spiro atoms. The Labute approximate surface area is 141 Å². The van der Waals surface area contributed by atoms with Crippen LogP contribution in [0.2, 0.25) is 0 Å². The second-order valence-electron chi connectivity index (χ2n) is 4.91. The molecule has 0 aromatic heterocycles. The maximum atomic E-state index is 11.6. The lowest BCUT2D eigenvalue weighted by Gasteiger charge is -2.19. The molecule has 0 aliphatic carbocycles. The van der Waals surface area contributed by atoms with Gasteiger partial charge in [-0.15, -0.1) is 0 Å². The first-order valence-corrected chi connectivity index (χ1v) is 10.5. The van der Waals surface area contributed by atoms with E-state index in [1.54, 1.807) is 0 Å². The summed E-state index contributed by atoms with van der Waals surface area (Å²) >= 11 is 0. The summed E-state index contributed by atoms with van der Waals surface area (Å²) in [4.78, 5) is 1.17. The molecule has 0 fully saturated rings. The van der Waals surface area contributed by atoms with Gasteiger partial charge in [-0.05, 0) is 12.1 Å². The van der Waals surface area contributed by atoms with Crippen LogP contribution in [0.25, 0.3) is 10.8 Å². The summed E-state index contributed by atoms with van der Waals surface area (Å²) in [7, 11) is -14.7. The van der Waals surface area contributed by atoms with Crippen molar-refractivity contribution in [2.24, 2.45) is 4.99 Å². The van der Waals surface area contributed by atoms with Gasteiger partial charge in [0.05, 0.1) is 17.7 Å². The van der Waals surface area contributed by atoms with Crippen molar-refractivity contribution >= 4 is 58.8 Å². The molecule has 1 heterocycles. The smallest absolute Gasteiger partial charge is 0.296 e. The predicted octanol–water partition coefficient (Wildman–Crippen LogP) is 0.665. The average Bonchev–Trinajstić information content (AvgIpc) is 2.44. The first kappa shape index (κ1) is 17.7. The van der Waals surface area contributed by atoms with Crippen LogP contribution in [0.3, 0.4) is 0 Å². The third-order valence-corrected chi connectivity index (χ3v) is 6.06. The minimum absolute atomic E-state index is 0.267. The summed E-state index contributed by atoms with van der Waals surface area (Å²) in [6, 6.07) is 2.32. The van der Waals surface area contributed by atoms with Crippen LogP contribution in [-0.2, 0) is 30.4 Å². The lowest BCUT2D eigenvalue weighted by Crippen LogP contribution is -2.12. The number of hydrogen-bond donors (Lipinski definition) is 4. The van der Waals surface area contributed by atoms with E-state index in [4.69, 9.17) is 0 Å². The molecule has 0 radical (unpaired) electrons. The van der Waals surface area contributed by atoms with Crippen LogP contribution >= 0.6 is 0 Å². The Morgan fingerprint density at radius 3 is 1.88 bits per heavy atom. The summed E-state index contributed by atoms with van der Waals surface area (Å²) in [6.45, 7) is 0. The minimum atomic E-state index is -4.98. The number of anilines is 1. The van der Waals surface area contributed by atoms with Crippen LogP contribution in [0.1, 0.15) is 0 Å². The number of nitrogens with one attached hydrogen (secondary N) is 1. The summed E-state index contributed by atoms with van der Waals surface area (Å²) in [5.41, 5.74) is -0.815. The average molecular weight is 408 g/mol. The molecule has 0 saturated carbocycles. The van der Waals surface area contributed by atoms with Crippen molar-refractivity contribution < 1.29 is 38.9 Å². The summed E-state index contributed by atoms with van der Waals surface area (Å²) < 4.78 is 97.3. The molecule has 0 amide bonds. The Bertz CT molecular complexity index is 1280. The molecule has 2 aromatic carbocycles. The van der Waals surface area contributed by atoms with Crippen LogP contribution in [0.5, 0.6) is 0 Å². The molecule has 1 aliphatic heterocycles. The van der Waals surface area contributed by atoms with Gasteiger partial charge in [-0.3, -0.25) is 13.7 Å². The van der Waals surface area contributed by atoms with Gasteiger partial charge in [-0.25, -0.2) is 4.99 Å². The highest BCUT2D eigenvalue weighted by Gasteiger charge is 2.30. The highest BCUT2D eigenvalue weighted by atomic mass is 32.2. The Kier molecular flexibility index (Phi) is 3.68. The number of nitrogens with zero attached hydrogens (tertiary/aromatic N) is 1. The molecule has 0 bridgehead atoms. The Morgan fingerprint density at radius 1 is 0.800 bits per heavy atom. The zero-order chi connectivity index (χ0) is 18.8. The Hall–Kier alpha value is -2.10. The molecule has 2 aromatic rings. The van der Waals surface area contributed by atoms with Crippen LogP contribution in [-0.4, -0.2) is 45.3 Å². The molecule has 134 valence electrons. The van der Waals surface area contributed by atoms with Gasteiger partial charge in [-0.2, -0.15) is 25.3 Å². The maximum absolute atomic E-state index is 11.6. The molecule has 1 aliphatic rings. The first-order valence-electron chi connectivity index (χ1n) is 6.17. The third kappa shape index (κ3) is 2.88. The fourth-order valence-corrected chi connectivity index (χ4v) is 4.60. The second-order valence-corrected chi connectivity index (χ2v) is 9.08. The van der Waals surface area contributed by atoms with Gasteiger partial charge in [-0.1, -0.05) is 6.07 Å². The normalized spacial score (nSPS) is 14.5. The van der Waals surface area contributed by atoms with Crippen molar-refractivity contribution in [1.29, 1.82) is 0 Å². The molecule has 11 nitrogen and oxygen atoms in total. The predicted molar refractivity (Wildman–Crippen MR) is 85.2 cm³/mol. The van der Waals surface area contributed by atoms with E-state index < -0.39 is 50.7 Å². The molecule has 25 heavy (non-hydrogen) atoms. The first-order chi connectivity index (χ1) is 11.3. The third-order valence-electron chi connectivity index (χ3n) is 3.40. The van der Waals surface area contributed by atoms with Crippen molar-refractivity contribution in [3.63, 3.8) is 0 Å². The van der Waals surface area contributed by atoms with Gasteiger partial charge in [0.15, 0.2) is 0 Å². The van der Waals surface area contributed by atoms with Gasteiger partial charge in [0, 0.05) is 10.8 Å². The van der Waals surface area contributed by atoms with Crippen LogP contribution in [0.15, 0.2) is 37.9 Å². The van der Waals surface area contributed by atoms with Gasteiger partial charge in [0.1, 0.15) is 14.7 Å². The van der Waals surface area contributed by atoms with Gasteiger partial charge in [0.25, 0.3) is 30.4 Å². The van der Waals surface area contributed by atoms with E-state index >= 15 is 0 Å². The van der Waals surface area contributed by atoms with E-state index in [0.717, 1.165) is 18.5 Å². The van der Waals surface area contributed by atoms with Crippen molar-refractivity contribution in [3.05, 3.63) is 18.2 Å². The highest BCUT2D eigenvalue weighted by molar-refractivity contribution is 7.87. The quantitative estimate of drug-likeness (QED) is 0.525. The fraction of sp³-hybridized carbons (Fsp3) is 0. The van der Waals surface area contributed by atoms with Gasteiger partial charge < -0.3 is 5.32 Å². The minimum Gasteiger partial charge on any atom is -0.345 e. The zero-order valence-electron chi connectivity index (χ0n) is 11.8. The van der Waals surface area contributed by atoms with E-state index in [1.165, 1.54) is 0 Å². The molecule has 0 unspecified atom stereocenters. The zero-order valence-corrected chi connectivity index (χ0v) is 14.2. The lowest BCUT2D eigenvalue weighted by atomic mass is 10.1. The number of benzene rings is 2. The second kappa shape index (κ2) is 5.20. The fourth-order valence-electron chi connectivity index (χ4n) is 2.48. The lowest BCUT2D eigenvalue weighted by molar-refractivity contribution is 0.480. The van der Waals surface area contributed by atoms with E-state index in [2.05, 4.69) is 10.3 Å². The van der Waals surface area contributed by atoms with Crippen molar-refractivity contribution in [3.8, 4) is 0 Å². The monoisotopic (exact) mass is 408 g/mol. The molecule has 4 N–H and O–H groups in total. The largest absolute Gasteiger partial charge is 0.345 e. The van der Waals surface area contributed by atoms with Crippen molar-refractivity contribution in [2.75, 3.05) is 5.32 Å². The SMILES string of the molecule is O=S(=O)(O)c1cc(S(=O)(=O)O)c2ccc(S(=O)(=O)O)c3c2c1N=CN3. The Balaban J connectivity index is 2.69. The maximum Gasteiger partial charge on any atom is 0.296 e. The highest BCUT2D eigenvalue weighted by Crippen LogP contribution is 2.44. The topological polar surface area (TPSA) is 187 Å². The summed E-state index contributed by atoms with van der Waals surface area (Å²) in [5, 5.41) is 1.78. The molecule has 14 heteroatoms.